The molecule has 4 N–H and O–H groups in total. The van der Waals surface area contributed by atoms with Gasteiger partial charge in [-0.1, -0.05) is 0 Å². The van der Waals surface area contributed by atoms with E-state index in [-0.39, 0.29) is 17.5 Å². The summed E-state index contributed by atoms with van der Waals surface area (Å²) in [6.45, 7) is 6.45. The largest absolute Gasteiger partial charge is 0.396 e. The molecule has 0 atom stereocenters. The van der Waals surface area contributed by atoms with Crippen molar-refractivity contribution in [3.8, 4) is 0 Å². The molecule has 1 saturated heterocycles. The molecule has 2 amide bonds. The van der Waals surface area contributed by atoms with Crippen molar-refractivity contribution in [3.05, 3.63) is 46.0 Å². The second-order valence-electron chi connectivity index (χ2n) is 8.54. The molecule has 7 nitrogen and oxygen atoms in total. The first kappa shape index (κ1) is 19.8. The highest BCUT2D eigenvalue weighted by molar-refractivity contribution is 6.35. The number of amides is 2. The quantitative estimate of drug-likeness (QED) is 0.521. The number of rotatable bonds is 4. The zero-order chi connectivity index (χ0) is 21.7. The molecule has 0 bridgehead atoms. The maximum absolute atomic E-state index is 14.0. The van der Waals surface area contributed by atoms with Gasteiger partial charge in [-0.25, -0.2) is 4.39 Å². The van der Waals surface area contributed by atoms with Crippen molar-refractivity contribution < 1.29 is 14.0 Å². The Labute approximate surface area is 180 Å². The number of anilines is 2. The predicted octanol–water partition coefficient (Wildman–Crippen LogP) is 2.63. The highest BCUT2D eigenvalue weighted by Crippen LogP contribution is 2.36. The molecule has 31 heavy (non-hydrogen) atoms. The molecule has 0 spiro atoms. The van der Waals surface area contributed by atoms with Crippen molar-refractivity contribution in [2.24, 2.45) is 0 Å². The lowest BCUT2D eigenvalue weighted by molar-refractivity contribution is -0.110. The minimum Gasteiger partial charge on any atom is -0.396 e. The van der Waals surface area contributed by atoms with Gasteiger partial charge in [0, 0.05) is 43.0 Å². The lowest BCUT2D eigenvalue weighted by Gasteiger charge is -2.29. The van der Waals surface area contributed by atoms with E-state index < -0.39 is 5.82 Å². The van der Waals surface area contributed by atoms with Gasteiger partial charge in [0.25, 0.3) is 11.8 Å². The number of aromatic amines is 1. The molecule has 0 unspecified atom stereocenters. The Morgan fingerprint density at radius 3 is 2.71 bits per heavy atom. The molecule has 4 heterocycles. The van der Waals surface area contributed by atoms with Crippen molar-refractivity contribution in [3.63, 3.8) is 0 Å². The first-order valence-electron chi connectivity index (χ1n) is 10.8. The fourth-order valence-electron chi connectivity index (χ4n) is 4.81. The van der Waals surface area contributed by atoms with Crippen LogP contribution in [-0.4, -0.2) is 59.3 Å². The number of carbonyl (C=O) groups excluding carboxylic acids is 2. The topological polar surface area (TPSA) is 94.5 Å². The fraction of sp³-hybridized carbons (Fsp3) is 0.391. The SMILES string of the molecule is Cc1c(C=C2C(=O)Nc3cc(N)c(F)cc32)[nH]c2c1C(=O)N(CCN1CCCC1)CC2. The van der Waals surface area contributed by atoms with Gasteiger partial charge in [-0.2, -0.15) is 0 Å². The Morgan fingerprint density at radius 2 is 1.94 bits per heavy atom. The summed E-state index contributed by atoms with van der Waals surface area (Å²) in [5, 5.41) is 2.73. The minimum absolute atomic E-state index is 0.00793. The van der Waals surface area contributed by atoms with Crippen LogP contribution in [0.1, 0.15) is 45.7 Å². The summed E-state index contributed by atoms with van der Waals surface area (Å²) >= 11 is 0. The van der Waals surface area contributed by atoms with Crippen LogP contribution in [0.15, 0.2) is 12.1 Å². The highest BCUT2D eigenvalue weighted by Gasteiger charge is 2.31. The number of likely N-dealkylation sites (tertiary alicyclic amines) is 1. The van der Waals surface area contributed by atoms with Gasteiger partial charge in [0.2, 0.25) is 0 Å². The average Bonchev–Trinajstić information content (AvgIpc) is 3.43. The summed E-state index contributed by atoms with van der Waals surface area (Å²) in [6, 6.07) is 2.70. The Morgan fingerprint density at radius 1 is 1.16 bits per heavy atom. The van der Waals surface area contributed by atoms with Crippen LogP contribution in [0.2, 0.25) is 0 Å². The van der Waals surface area contributed by atoms with Crippen LogP contribution < -0.4 is 11.1 Å². The van der Waals surface area contributed by atoms with Gasteiger partial charge < -0.3 is 25.8 Å². The fourth-order valence-corrected chi connectivity index (χ4v) is 4.81. The van der Waals surface area contributed by atoms with Crippen LogP contribution >= 0.6 is 0 Å². The van der Waals surface area contributed by atoms with E-state index in [1.54, 1.807) is 6.08 Å². The number of nitrogens with two attached hydrogens (primary N) is 1. The van der Waals surface area contributed by atoms with E-state index in [0.717, 1.165) is 43.9 Å². The van der Waals surface area contributed by atoms with Gasteiger partial charge in [-0.3, -0.25) is 9.59 Å². The van der Waals surface area contributed by atoms with Gasteiger partial charge in [-0.05, 0) is 56.6 Å². The molecule has 0 saturated carbocycles. The van der Waals surface area contributed by atoms with Crippen molar-refractivity contribution in [2.75, 3.05) is 43.8 Å². The van der Waals surface area contributed by atoms with Crippen LogP contribution in [0.4, 0.5) is 15.8 Å². The number of nitrogens with zero attached hydrogens (tertiary/aromatic N) is 2. The molecule has 3 aliphatic rings. The van der Waals surface area contributed by atoms with E-state index in [2.05, 4.69) is 15.2 Å². The Kier molecular flexibility index (Phi) is 4.81. The average molecular weight is 423 g/mol. The van der Waals surface area contributed by atoms with Gasteiger partial charge in [-0.15, -0.1) is 0 Å². The number of halogens is 1. The molecule has 8 heteroatoms. The Bertz CT molecular complexity index is 1110. The molecule has 1 aromatic carbocycles. The molecular formula is C23H26FN5O2. The van der Waals surface area contributed by atoms with Crippen LogP contribution in [0.5, 0.6) is 0 Å². The lowest BCUT2D eigenvalue weighted by atomic mass is 10.0. The van der Waals surface area contributed by atoms with E-state index in [0.29, 0.717) is 34.6 Å². The summed E-state index contributed by atoms with van der Waals surface area (Å²) in [5.74, 6) is -0.841. The number of fused-ring (bicyclic) bond motifs is 2. The third-order valence-corrected chi connectivity index (χ3v) is 6.59. The monoisotopic (exact) mass is 423 g/mol. The summed E-state index contributed by atoms with van der Waals surface area (Å²) in [6.07, 6.45) is 4.92. The highest BCUT2D eigenvalue weighted by atomic mass is 19.1. The second kappa shape index (κ2) is 7.53. The predicted molar refractivity (Wildman–Crippen MR) is 118 cm³/mol. The summed E-state index contributed by atoms with van der Waals surface area (Å²) in [5.41, 5.74) is 10.1. The molecular weight excluding hydrogens is 397 g/mol. The van der Waals surface area contributed by atoms with Crippen LogP contribution in [0, 0.1) is 12.7 Å². The van der Waals surface area contributed by atoms with Crippen molar-refractivity contribution >= 4 is 34.8 Å². The summed E-state index contributed by atoms with van der Waals surface area (Å²) < 4.78 is 14.0. The van der Waals surface area contributed by atoms with Crippen LogP contribution in [-0.2, 0) is 11.2 Å². The van der Waals surface area contributed by atoms with E-state index >= 15 is 0 Å². The van der Waals surface area contributed by atoms with E-state index in [1.165, 1.54) is 25.0 Å². The van der Waals surface area contributed by atoms with Crippen LogP contribution in [0.25, 0.3) is 11.6 Å². The van der Waals surface area contributed by atoms with E-state index in [9.17, 15) is 14.0 Å². The third-order valence-electron chi connectivity index (χ3n) is 6.59. The number of benzene rings is 1. The first-order valence-corrected chi connectivity index (χ1v) is 10.8. The number of hydrogen-bond donors (Lipinski definition) is 3. The smallest absolute Gasteiger partial charge is 0.256 e. The number of nitrogen functional groups attached to an aromatic ring is 1. The number of hydrogen-bond acceptors (Lipinski definition) is 4. The molecule has 0 aliphatic carbocycles. The van der Waals surface area contributed by atoms with Gasteiger partial charge in [0.05, 0.1) is 22.5 Å². The van der Waals surface area contributed by atoms with Crippen molar-refractivity contribution in [2.45, 2.75) is 26.2 Å². The second-order valence-corrected chi connectivity index (χ2v) is 8.54. The Hall–Kier alpha value is -3.13. The first-order chi connectivity index (χ1) is 14.9. The number of aromatic nitrogens is 1. The summed E-state index contributed by atoms with van der Waals surface area (Å²) in [7, 11) is 0. The minimum atomic E-state index is -0.563. The summed E-state index contributed by atoms with van der Waals surface area (Å²) in [4.78, 5) is 33.3. The van der Waals surface area contributed by atoms with E-state index in [4.69, 9.17) is 5.73 Å². The standard InChI is InChI=1S/C23H26FN5O2/c1-13-19(11-15-14-10-16(24)17(25)12-20(14)27-22(15)30)26-18-4-7-29(23(31)21(13)18)9-8-28-5-2-3-6-28/h10-12,26H,2-9,25H2,1H3,(H,27,30). The lowest BCUT2D eigenvalue weighted by Crippen LogP contribution is -2.42. The maximum Gasteiger partial charge on any atom is 0.256 e. The number of carbonyl (C=O) groups is 2. The normalized spacial score (nSPS) is 19.8. The zero-order valence-corrected chi connectivity index (χ0v) is 17.6. The molecule has 0 radical (unpaired) electrons. The Balaban J connectivity index is 1.42. The van der Waals surface area contributed by atoms with Gasteiger partial charge in [0.15, 0.2) is 0 Å². The molecule has 162 valence electrons. The molecule has 3 aliphatic heterocycles. The molecule has 5 rings (SSSR count). The molecule has 1 aromatic heterocycles. The van der Waals surface area contributed by atoms with Gasteiger partial charge in [0.1, 0.15) is 5.82 Å². The number of H-pyrrole nitrogens is 1. The van der Waals surface area contributed by atoms with Crippen molar-refractivity contribution in [1.82, 2.24) is 14.8 Å². The maximum atomic E-state index is 14.0. The van der Waals surface area contributed by atoms with Crippen molar-refractivity contribution in [1.29, 1.82) is 0 Å². The van der Waals surface area contributed by atoms with Gasteiger partial charge >= 0.3 is 0 Å². The third kappa shape index (κ3) is 3.40. The van der Waals surface area contributed by atoms with Crippen LogP contribution in [0.3, 0.4) is 0 Å². The number of nitrogens with one attached hydrogen (secondary N) is 2. The zero-order valence-electron chi connectivity index (χ0n) is 17.6. The molecule has 1 fully saturated rings. The molecule has 2 aromatic rings. The van der Waals surface area contributed by atoms with E-state index in [1.807, 2.05) is 11.8 Å².